The Morgan fingerprint density at radius 2 is 1.81 bits per heavy atom. The summed E-state index contributed by atoms with van der Waals surface area (Å²) < 4.78 is 14.6. The molecule has 2 aromatic carbocycles. The van der Waals surface area contributed by atoms with Crippen molar-refractivity contribution in [3.8, 4) is 11.8 Å². The summed E-state index contributed by atoms with van der Waals surface area (Å²) in [5, 5.41) is 18.9. The zero-order valence-electron chi connectivity index (χ0n) is 14.4. The number of aryl methyl sites for hydroxylation is 1. The van der Waals surface area contributed by atoms with Gasteiger partial charge in [-0.25, -0.2) is 4.39 Å². The van der Waals surface area contributed by atoms with Gasteiger partial charge in [0.1, 0.15) is 5.54 Å². The van der Waals surface area contributed by atoms with Crippen molar-refractivity contribution in [3.05, 3.63) is 53.3 Å². The topological polar surface area (TPSA) is 67.6 Å². The lowest BCUT2D eigenvalue weighted by atomic mass is 10.0. The molecule has 1 fully saturated rings. The van der Waals surface area contributed by atoms with Crippen LogP contribution < -0.4 is 9.80 Å². The Kier molecular flexibility index (Phi) is 4.17. The smallest absolute Gasteiger partial charge is 0.259 e. The van der Waals surface area contributed by atoms with Crippen LogP contribution in [0.15, 0.2) is 36.4 Å². The average molecular weight is 369 g/mol. The van der Waals surface area contributed by atoms with Crippen LogP contribution in [0.5, 0.6) is 5.75 Å². The number of phenols is 1. The normalized spacial score (nSPS) is 16.1. The first-order valence-electron chi connectivity index (χ1n) is 7.87. The van der Waals surface area contributed by atoms with Crippen molar-refractivity contribution in [2.75, 3.05) is 9.80 Å². The second kappa shape index (κ2) is 6.07. The number of hydrogen-bond acceptors (Lipinski definition) is 4. The summed E-state index contributed by atoms with van der Waals surface area (Å²) in [6.45, 7) is 4.94. The highest BCUT2D eigenvalue weighted by Gasteiger charge is 2.51. The highest BCUT2D eigenvalue weighted by Crippen LogP contribution is 2.39. The van der Waals surface area contributed by atoms with Gasteiger partial charge in [-0.2, -0.15) is 5.26 Å². The predicted molar refractivity (Wildman–Crippen MR) is 101 cm³/mol. The molecule has 1 aliphatic heterocycles. The molecule has 1 N–H and O–H groups in total. The highest BCUT2D eigenvalue weighted by atomic mass is 32.1. The Balaban J connectivity index is 2.11. The molecule has 0 bridgehead atoms. The Hall–Kier alpha value is -2.98. The van der Waals surface area contributed by atoms with E-state index in [-0.39, 0.29) is 10.8 Å². The van der Waals surface area contributed by atoms with Gasteiger partial charge in [0.15, 0.2) is 16.7 Å². The van der Waals surface area contributed by atoms with E-state index in [2.05, 4.69) is 0 Å². The quantitative estimate of drug-likeness (QED) is 0.819. The SMILES string of the molecule is Cc1ccc(N2C(=O)C(C)(C)N(c3ccc(C#N)cc3)C2=S)c(F)c1O. The van der Waals surface area contributed by atoms with Gasteiger partial charge in [-0.3, -0.25) is 9.69 Å². The second-order valence-electron chi connectivity index (χ2n) is 6.54. The third-order valence-corrected chi connectivity index (χ3v) is 4.83. The van der Waals surface area contributed by atoms with E-state index < -0.39 is 23.0 Å². The van der Waals surface area contributed by atoms with E-state index in [1.807, 2.05) is 6.07 Å². The average Bonchev–Trinajstić information content (AvgIpc) is 2.79. The van der Waals surface area contributed by atoms with Crippen LogP contribution in [0, 0.1) is 24.1 Å². The maximum atomic E-state index is 14.6. The number of carbonyl (C=O) groups is 1. The molecule has 0 aliphatic carbocycles. The van der Waals surface area contributed by atoms with Crippen molar-refractivity contribution >= 4 is 34.6 Å². The van der Waals surface area contributed by atoms with Crippen LogP contribution >= 0.6 is 12.2 Å². The van der Waals surface area contributed by atoms with Crippen LogP contribution in [0.4, 0.5) is 15.8 Å². The molecule has 132 valence electrons. The number of rotatable bonds is 2. The van der Waals surface area contributed by atoms with Gasteiger partial charge in [0.2, 0.25) is 0 Å². The monoisotopic (exact) mass is 369 g/mol. The number of halogens is 1. The Morgan fingerprint density at radius 1 is 1.19 bits per heavy atom. The van der Waals surface area contributed by atoms with E-state index in [9.17, 15) is 14.3 Å². The number of carbonyl (C=O) groups excluding carboxylic acids is 1. The van der Waals surface area contributed by atoms with Crippen molar-refractivity contribution in [3.63, 3.8) is 0 Å². The molecule has 7 heteroatoms. The maximum Gasteiger partial charge on any atom is 0.259 e. The van der Waals surface area contributed by atoms with Crippen molar-refractivity contribution in [2.24, 2.45) is 0 Å². The van der Waals surface area contributed by atoms with Gasteiger partial charge in [-0.05, 0) is 68.9 Å². The third-order valence-electron chi connectivity index (χ3n) is 4.46. The third kappa shape index (κ3) is 2.50. The molecule has 0 spiro atoms. The van der Waals surface area contributed by atoms with E-state index in [0.29, 0.717) is 16.8 Å². The fourth-order valence-corrected chi connectivity index (χ4v) is 3.46. The standard InChI is InChI=1S/C19H16FN3O2S/c1-11-4-9-14(15(20)16(11)24)22-17(25)19(2,3)23(18(22)26)13-7-5-12(10-21)6-8-13/h4-9,24H,1-3H3. The molecule has 1 amide bonds. The summed E-state index contributed by atoms with van der Waals surface area (Å²) in [6, 6.07) is 11.6. The number of amides is 1. The lowest BCUT2D eigenvalue weighted by Crippen LogP contribution is -2.44. The van der Waals surface area contributed by atoms with Gasteiger partial charge in [0.25, 0.3) is 5.91 Å². The summed E-state index contributed by atoms with van der Waals surface area (Å²) in [5.74, 6) is -1.81. The minimum Gasteiger partial charge on any atom is -0.505 e. The van der Waals surface area contributed by atoms with Crippen molar-refractivity contribution in [1.82, 2.24) is 0 Å². The first kappa shape index (κ1) is 17.8. The zero-order valence-corrected chi connectivity index (χ0v) is 15.3. The molecular weight excluding hydrogens is 353 g/mol. The number of hydrogen-bond donors (Lipinski definition) is 1. The Bertz CT molecular complexity index is 964. The van der Waals surface area contributed by atoms with Crippen LogP contribution in [0.1, 0.15) is 25.0 Å². The van der Waals surface area contributed by atoms with E-state index in [1.165, 1.54) is 12.1 Å². The van der Waals surface area contributed by atoms with Crippen LogP contribution in [0.25, 0.3) is 0 Å². The molecule has 5 nitrogen and oxygen atoms in total. The summed E-state index contributed by atoms with van der Waals surface area (Å²) in [6.07, 6.45) is 0. The molecule has 2 aromatic rings. The van der Waals surface area contributed by atoms with Crippen LogP contribution in [0.2, 0.25) is 0 Å². The van der Waals surface area contributed by atoms with Gasteiger partial charge in [0, 0.05) is 5.69 Å². The molecular formula is C19H16FN3O2S. The van der Waals surface area contributed by atoms with E-state index in [0.717, 1.165) is 4.90 Å². The number of phenolic OH excluding ortho intramolecular Hbond substituents is 1. The van der Waals surface area contributed by atoms with Gasteiger partial charge < -0.3 is 10.0 Å². The fraction of sp³-hybridized carbons (Fsp3) is 0.211. The predicted octanol–water partition coefficient (Wildman–Crippen LogP) is 3.63. The van der Waals surface area contributed by atoms with Gasteiger partial charge >= 0.3 is 0 Å². The fourth-order valence-electron chi connectivity index (χ4n) is 2.95. The Morgan fingerprint density at radius 3 is 2.38 bits per heavy atom. The molecule has 0 radical (unpaired) electrons. The van der Waals surface area contributed by atoms with Crippen molar-refractivity contribution in [1.29, 1.82) is 5.26 Å². The molecule has 26 heavy (non-hydrogen) atoms. The molecule has 1 heterocycles. The minimum atomic E-state index is -1.06. The second-order valence-corrected chi connectivity index (χ2v) is 6.91. The first-order chi connectivity index (χ1) is 12.2. The summed E-state index contributed by atoms with van der Waals surface area (Å²) in [5.41, 5.74) is 0.318. The van der Waals surface area contributed by atoms with Crippen LogP contribution in [-0.2, 0) is 4.79 Å². The lowest BCUT2D eigenvalue weighted by molar-refractivity contribution is -0.120. The minimum absolute atomic E-state index is 0.0904. The molecule has 3 rings (SSSR count). The summed E-state index contributed by atoms with van der Waals surface area (Å²) in [4.78, 5) is 15.7. The van der Waals surface area contributed by atoms with Gasteiger partial charge in [-0.1, -0.05) is 6.07 Å². The Labute approximate surface area is 155 Å². The molecule has 1 saturated heterocycles. The largest absolute Gasteiger partial charge is 0.505 e. The molecule has 0 saturated carbocycles. The van der Waals surface area contributed by atoms with E-state index in [4.69, 9.17) is 17.5 Å². The first-order valence-corrected chi connectivity index (χ1v) is 8.28. The van der Waals surface area contributed by atoms with Crippen molar-refractivity contribution in [2.45, 2.75) is 26.3 Å². The number of benzene rings is 2. The van der Waals surface area contributed by atoms with Gasteiger partial charge in [0.05, 0.1) is 17.3 Å². The van der Waals surface area contributed by atoms with Crippen molar-refractivity contribution < 1.29 is 14.3 Å². The number of thiocarbonyl (C=S) groups is 1. The van der Waals surface area contributed by atoms with Crippen LogP contribution in [-0.4, -0.2) is 21.7 Å². The summed E-state index contributed by atoms with van der Waals surface area (Å²) in [7, 11) is 0. The number of anilines is 2. The lowest BCUT2D eigenvalue weighted by Gasteiger charge is -2.29. The molecule has 0 unspecified atom stereocenters. The number of aromatic hydroxyl groups is 1. The number of nitrogens with zero attached hydrogens (tertiary/aromatic N) is 3. The molecule has 0 atom stereocenters. The molecule has 0 aromatic heterocycles. The highest BCUT2D eigenvalue weighted by molar-refractivity contribution is 7.81. The van der Waals surface area contributed by atoms with Gasteiger partial charge in [-0.15, -0.1) is 0 Å². The summed E-state index contributed by atoms with van der Waals surface area (Å²) >= 11 is 5.47. The maximum absolute atomic E-state index is 14.6. The van der Waals surface area contributed by atoms with E-state index in [1.54, 1.807) is 49.9 Å². The van der Waals surface area contributed by atoms with Crippen LogP contribution in [0.3, 0.4) is 0 Å². The molecule has 1 aliphatic rings. The number of nitriles is 1. The zero-order chi connectivity index (χ0) is 19.2. The van der Waals surface area contributed by atoms with E-state index >= 15 is 0 Å².